The van der Waals surface area contributed by atoms with Crippen LogP contribution in [0.15, 0.2) is 0 Å². The number of nitrogens with zero attached hydrogens (tertiary/aromatic N) is 1. The molecule has 2 aliphatic rings. The van der Waals surface area contributed by atoms with Crippen LogP contribution >= 0.6 is 0 Å². The van der Waals surface area contributed by atoms with Crippen molar-refractivity contribution in [1.29, 1.82) is 0 Å². The zero-order chi connectivity index (χ0) is 19.9. The highest BCUT2D eigenvalue weighted by atomic mass is 16.4. The van der Waals surface area contributed by atoms with Gasteiger partial charge in [-0.25, -0.2) is 0 Å². The van der Waals surface area contributed by atoms with Gasteiger partial charge in [0.2, 0.25) is 0 Å². The first-order chi connectivity index (χ1) is 12.0. The van der Waals surface area contributed by atoms with Crippen LogP contribution in [0, 0.1) is 22.7 Å². The Kier molecular flexibility index (Phi) is 5.32. The van der Waals surface area contributed by atoms with Crippen molar-refractivity contribution in [2.24, 2.45) is 22.7 Å². The van der Waals surface area contributed by atoms with Crippen molar-refractivity contribution in [3.8, 4) is 0 Å². The van der Waals surface area contributed by atoms with Crippen molar-refractivity contribution >= 4 is 23.9 Å². The minimum Gasteiger partial charge on any atom is -0.481 e. The summed E-state index contributed by atoms with van der Waals surface area (Å²) in [6.07, 6.45) is -0.0732. The first-order valence-electron chi connectivity index (χ1n) is 8.60. The highest BCUT2D eigenvalue weighted by Crippen LogP contribution is 2.62. The largest absolute Gasteiger partial charge is 0.481 e. The van der Waals surface area contributed by atoms with Crippen LogP contribution < -0.4 is 0 Å². The maximum absolute atomic E-state index is 12.4. The van der Waals surface area contributed by atoms with Gasteiger partial charge in [0, 0.05) is 6.04 Å². The maximum atomic E-state index is 12.4. The highest BCUT2D eigenvalue weighted by molar-refractivity contribution is 5.92. The Balaban J connectivity index is 2.59. The average molecular weight is 371 g/mol. The summed E-state index contributed by atoms with van der Waals surface area (Å²) in [4.78, 5) is 49.5. The third-order valence-corrected chi connectivity index (χ3v) is 6.51. The Morgan fingerprint density at radius 3 is 1.69 bits per heavy atom. The van der Waals surface area contributed by atoms with Crippen molar-refractivity contribution in [3.05, 3.63) is 0 Å². The van der Waals surface area contributed by atoms with E-state index >= 15 is 0 Å². The van der Waals surface area contributed by atoms with Crippen molar-refractivity contribution in [2.45, 2.75) is 44.6 Å². The van der Waals surface area contributed by atoms with Crippen molar-refractivity contribution in [2.75, 3.05) is 14.1 Å². The van der Waals surface area contributed by atoms with Gasteiger partial charge in [0.15, 0.2) is 0 Å². The van der Waals surface area contributed by atoms with E-state index in [2.05, 4.69) is 0 Å². The summed E-state index contributed by atoms with van der Waals surface area (Å²) in [5.74, 6) is -7.26. The van der Waals surface area contributed by atoms with Gasteiger partial charge >= 0.3 is 23.9 Å². The molecule has 0 aromatic carbocycles. The minimum absolute atomic E-state index is 0.0234. The first kappa shape index (κ1) is 20.2. The monoisotopic (exact) mass is 371 g/mol. The molecule has 2 fully saturated rings. The summed E-state index contributed by atoms with van der Waals surface area (Å²) >= 11 is 0. The molecular formula is C17H25NO8. The number of hydrogen-bond donors (Lipinski definition) is 4. The molecule has 3 unspecified atom stereocenters. The molecule has 26 heavy (non-hydrogen) atoms. The van der Waals surface area contributed by atoms with E-state index in [1.165, 1.54) is 0 Å². The summed E-state index contributed by atoms with van der Waals surface area (Å²) in [6.45, 7) is 0. The molecule has 2 saturated carbocycles. The molecule has 0 spiro atoms. The second-order valence-corrected chi connectivity index (χ2v) is 7.66. The van der Waals surface area contributed by atoms with Crippen LogP contribution in [-0.4, -0.2) is 69.3 Å². The summed E-state index contributed by atoms with van der Waals surface area (Å²) in [5, 5.41) is 39.0. The van der Waals surface area contributed by atoms with Crippen LogP contribution in [0.3, 0.4) is 0 Å². The Bertz CT molecular complexity index is 622. The average Bonchev–Trinajstić information content (AvgIpc) is 2.97. The Morgan fingerprint density at radius 1 is 0.808 bits per heavy atom. The fourth-order valence-corrected chi connectivity index (χ4v) is 5.15. The topological polar surface area (TPSA) is 152 Å². The summed E-state index contributed by atoms with van der Waals surface area (Å²) in [6, 6.07) is -0.600. The van der Waals surface area contributed by atoms with E-state index in [0.29, 0.717) is 0 Å². The predicted octanol–water partition coefficient (Wildman–Crippen LogP) is 0.828. The van der Waals surface area contributed by atoms with Gasteiger partial charge in [-0.15, -0.1) is 0 Å². The summed E-state index contributed by atoms with van der Waals surface area (Å²) in [7, 11) is 3.29. The van der Waals surface area contributed by atoms with E-state index in [9.17, 15) is 39.6 Å². The van der Waals surface area contributed by atoms with Gasteiger partial charge in [0.25, 0.3) is 0 Å². The Hall–Kier alpha value is -2.16. The molecule has 9 nitrogen and oxygen atoms in total. The van der Waals surface area contributed by atoms with E-state index in [4.69, 9.17) is 0 Å². The Morgan fingerprint density at radius 2 is 1.35 bits per heavy atom. The van der Waals surface area contributed by atoms with Crippen LogP contribution in [0.2, 0.25) is 0 Å². The van der Waals surface area contributed by atoms with Gasteiger partial charge < -0.3 is 25.3 Å². The molecule has 3 atom stereocenters. The second kappa shape index (κ2) is 6.86. The molecule has 0 bridgehead atoms. The van der Waals surface area contributed by atoms with Crippen molar-refractivity contribution in [1.82, 2.24) is 4.90 Å². The van der Waals surface area contributed by atoms with E-state index in [-0.39, 0.29) is 38.5 Å². The lowest BCUT2D eigenvalue weighted by molar-refractivity contribution is -0.190. The van der Waals surface area contributed by atoms with E-state index in [1.54, 1.807) is 19.0 Å². The zero-order valence-electron chi connectivity index (χ0n) is 14.8. The summed E-state index contributed by atoms with van der Waals surface area (Å²) < 4.78 is 0. The predicted molar refractivity (Wildman–Crippen MR) is 87.6 cm³/mol. The lowest BCUT2D eigenvalue weighted by atomic mass is 9.51. The normalized spacial score (nSPS) is 37.4. The van der Waals surface area contributed by atoms with Crippen LogP contribution in [0.25, 0.3) is 0 Å². The first-order valence-corrected chi connectivity index (χ1v) is 8.60. The van der Waals surface area contributed by atoms with Crippen LogP contribution in [-0.2, 0) is 19.2 Å². The van der Waals surface area contributed by atoms with E-state index in [1.807, 2.05) is 0 Å². The maximum Gasteiger partial charge on any atom is 0.311 e. The third-order valence-electron chi connectivity index (χ3n) is 6.51. The molecule has 146 valence electrons. The molecule has 0 aromatic rings. The van der Waals surface area contributed by atoms with Gasteiger partial charge in [-0.2, -0.15) is 0 Å². The quantitative estimate of drug-likeness (QED) is 0.531. The fraction of sp³-hybridized carbons (Fsp3) is 0.765. The van der Waals surface area contributed by atoms with Gasteiger partial charge in [-0.3, -0.25) is 19.2 Å². The molecule has 0 aromatic heterocycles. The molecule has 2 rings (SSSR count). The van der Waals surface area contributed by atoms with E-state index < -0.39 is 52.6 Å². The fourth-order valence-electron chi connectivity index (χ4n) is 5.15. The third kappa shape index (κ3) is 2.74. The zero-order valence-corrected chi connectivity index (χ0v) is 14.8. The second-order valence-electron chi connectivity index (χ2n) is 7.66. The summed E-state index contributed by atoms with van der Waals surface area (Å²) in [5.41, 5.74) is -3.76. The molecule has 4 N–H and O–H groups in total. The van der Waals surface area contributed by atoms with Crippen LogP contribution in [0.1, 0.15) is 38.5 Å². The number of carbonyl (C=O) groups is 4. The van der Waals surface area contributed by atoms with E-state index in [0.717, 1.165) is 0 Å². The molecule has 0 amide bonds. The number of aliphatic carboxylic acids is 4. The van der Waals surface area contributed by atoms with Gasteiger partial charge in [0.05, 0.1) is 22.7 Å². The van der Waals surface area contributed by atoms with Gasteiger partial charge in [-0.05, 0) is 52.6 Å². The molecule has 0 radical (unpaired) electrons. The van der Waals surface area contributed by atoms with Gasteiger partial charge in [-0.1, -0.05) is 0 Å². The smallest absolute Gasteiger partial charge is 0.311 e. The molecule has 0 aliphatic heterocycles. The standard InChI is InChI=1S/C17H25NO8/c1-18(2)10-5-8-17(15(25)26,11(10)13(21)22)16(14(23)24)6-3-9(4-7-16)12(19)20/h9-11H,3-8H2,1-2H3,(H,19,20)(H,21,22)(H,23,24)(H,25,26). The lowest BCUT2D eigenvalue weighted by Crippen LogP contribution is -2.60. The van der Waals surface area contributed by atoms with Crippen LogP contribution in [0.5, 0.6) is 0 Å². The number of rotatable bonds is 6. The number of carboxylic acid groups (broad SMARTS) is 4. The SMILES string of the molecule is CN(C)C1CCC(C(=O)O)(C2(C(=O)O)CCC(C(=O)O)CC2)C1C(=O)O. The molecular weight excluding hydrogens is 346 g/mol. The lowest BCUT2D eigenvalue weighted by Gasteiger charge is -2.48. The highest BCUT2D eigenvalue weighted by Gasteiger charge is 2.71. The minimum atomic E-state index is -1.97. The molecule has 0 saturated heterocycles. The van der Waals surface area contributed by atoms with Crippen LogP contribution in [0.4, 0.5) is 0 Å². The van der Waals surface area contributed by atoms with Gasteiger partial charge in [0.1, 0.15) is 0 Å². The Labute approximate surface area is 150 Å². The molecule has 2 aliphatic carbocycles. The molecule has 0 heterocycles. The van der Waals surface area contributed by atoms with Crippen molar-refractivity contribution < 1.29 is 39.6 Å². The number of hydrogen-bond acceptors (Lipinski definition) is 5. The van der Waals surface area contributed by atoms with Crippen molar-refractivity contribution in [3.63, 3.8) is 0 Å². The molecule has 9 heteroatoms. The number of carboxylic acids is 4.